The molecule has 0 fully saturated rings. The zero-order valence-corrected chi connectivity index (χ0v) is 13.2. The predicted octanol–water partition coefficient (Wildman–Crippen LogP) is 1.50. The Labute approximate surface area is 140 Å². The highest BCUT2D eigenvalue weighted by Gasteiger charge is 2.26. The number of nitrogens with zero attached hydrogens (tertiary/aromatic N) is 3. The molecule has 24 heavy (non-hydrogen) atoms. The largest absolute Gasteiger partial charge is 0.393 e. The van der Waals surface area contributed by atoms with Gasteiger partial charge in [0.25, 0.3) is 5.91 Å². The van der Waals surface area contributed by atoms with Crippen LogP contribution in [0.15, 0.2) is 18.2 Å². The number of fused-ring (bicyclic) bond motifs is 1. The third-order valence-electron chi connectivity index (χ3n) is 3.86. The van der Waals surface area contributed by atoms with Gasteiger partial charge in [0.1, 0.15) is 6.10 Å². The summed E-state index contributed by atoms with van der Waals surface area (Å²) in [6, 6.07) is 3.15. The lowest BCUT2D eigenvalue weighted by Gasteiger charge is -2.28. The predicted molar refractivity (Wildman–Crippen MR) is 80.4 cm³/mol. The van der Waals surface area contributed by atoms with E-state index in [1.165, 1.54) is 4.90 Å². The number of halogens is 3. The van der Waals surface area contributed by atoms with Crippen LogP contribution in [0, 0.1) is 11.6 Å². The van der Waals surface area contributed by atoms with Crippen molar-refractivity contribution in [2.75, 3.05) is 13.2 Å². The van der Waals surface area contributed by atoms with Crippen LogP contribution in [-0.2, 0) is 13.1 Å². The molecule has 0 saturated carbocycles. The van der Waals surface area contributed by atoms with Crippen LogP contribution in [0.3, 0.4) is 0 Å². The molecule has 0 spiro atoms. The third kappa shape index (κ3) is 3.00. The summed E-state index contributed by atoms with van der Waals surface area (Å²) in [5, 5.41) is 22.6. The van der Waals surface area contributed by atoms with Gasteiger partial charge in [0.05, 0.1) is 41.7 Å². The van der Waals surface area contributed by atoms with Gasteiger partial charge < -0.3 is 15.1 Å². The number of aromatic nitrogens is 2. The molecule has 3 rings (SSSR count). The van der Waals surface area contributed by atoms with E-state index in [1.54, 1.807) is 10.7 Å². The van der Waals surface area contributed by atoms with E-state index >= 15 is 0 Å². The number of aliphatic hydroxyl groups excluding tert-OH is 2. The van der Waals surface area contributed by atoms with Gasteiger partial charge >= 0.3 is 0 Å². The zero-order chi connectivity index (χ0) is 17.4. The summed E-state index contributed by atoms with van der Waals surface area (Å²) in [4.78, 5) is 14.0. The number of aliphatic hydroxyl groups is 2. The topological polar surface area (TPSA) is 78.6 Å². The number of hydrogen-bond acceptors (Lipinski definition) is 4. The van der Waals surface area contributed by atoms with E-state index in [2.05, 4.69) is 5.10 Å². The molecule has 0 unspecified atom stereocenters. The highest BCUT2D eigenvalue weighted by atomic mass is 35.5. The Morgan fingerprint density at radius 1 is 1.29 bits per heavy atom. The van der Waals surface area contributed by atoms with Crippen molar-refractivity contribution in [3.05, 3.63) is 51.8 Å². The maximum absolute atomic E-state index is 13.4. The molecule has 2 heterocycles. The lowest BCUT2D eigenvalue weighted by atomic mass is 10.1. The Hall–Kier alpha value is -2.03. The Morgan fingerprint density at radius 3 is 2.71 bits per heavy atom. The molecule has 1 atom stereocenters. The summed E-state index contributed by atoms with van der Waals surface area (Å²) in [6.45, 7) is 0.404. The first-order chi connectivity index (χ1) is 11.4. The van der Waals surface area contributed by atoms with Gasteiger partial charge in [-0.1, -0.05) is 11.6 Å². The second kappa shape index (κ2) is 6.46. The maximum Gasteiger partial charge on any atom is 0.255 e. The number of amides is 1. The van der Waals surface area contributed by atoms with Gasteiger partial charge in [-0.05, 0) is 18.2 Å². The van der Waals surface area contributed by atoms with Gasteiger partial charge in [0.15, 0.2) is 11.6 Å². The van der Waals surface area contributed by atoms with E-state index in [-0.39, 0.29) is 17.1 Å². The molecular formula is C15H14ClF2N3O3. The molecule has 6 nitrogen and oxygen atoms in total. The number of carbonyl (C=O) groups excluding carboxylic acids is 1. The molecule has 128 valence electrons. The van der Waals surface area contributed by atoms with Crippen molar-refractivity contribution in [2.45, 2.75) is 19.2 Å². The van der Waals surface area contributed by atoms with E-state index in [9.17, 15) is 18.7 Å². The minimum atomic E-state index is -1.14. The Kier molecular flexibility index (Phi) is 4.53. The van der Waals surface area contributed by atoms with E-state index in [0.717, 1.165) is 12.1 Å². The summed E-state index contributed by atoms with van der Waals surface area (Å²) in [5.41, 5.74) is 0.864. The number of benzene rings is 1. The van der Waals surface area contributed by atoms with E-state index in [0.29, 0.717) is 24.5 Å². The third-order valence-corrected chi connectivity index (χ3v) is 4.17. The Bertz CT molecular complexity index is 797. The fourth-order valence-corrected chi connectivity index (χ4v) is 2.81. The summed E-state index contributed by atoms with van der Waals surface area (Å²) in [7, 11) is 0. The molecule has 0 aliphatic carbocycles. The Morgan fingerprint density at radius 2 is 2.00 bits per heavy atom. The summed E-state index contributed by atoms with van der Waals surface area (Å²) < 4.78 is 28.2. The molecule has 0 saturated heterocycles. The first kappa shape index (κ1) is 16.8. The first-order valence-electron chi connectivity index (χ1n) is 7.20. The van der Waals surface area contributed by atoms with Gasteiger partial charge in [-0.15, -0.1) is 0 Å². The summed E-state index contributed by atoms with van der Waals surface area (Å²) in [6.07, 6.45) is -1.09. The molecule has 1 amide bonds. The van der Waals surface area contributed by atoms with Gasteiger partial charge in [-0.25, -0.2) is 8.78 Å². The van der Waals surface area contributed by atoms with Crippen LogP contribution >= 0.6 is 11.6 Å². The summed E-state index contributed by atoms with van der Waals surface area (Å²) in [5.74, 6) is -2.77. The van der Waals surface area contributed by atoms with Crippen LogP contribution in [0.5, 0.6) is 0 Å². The minimum Gasteiger partial charge on any atom is -0.393 e. The van der Waals surface area contributed by atoms with Crippen LogP contribution in [0.1, 0.15) is 27.8 Å². The standard InChI is InChI=1S/C15H14ClF2N3O3/c16-10-5-12(18)11(17)4-9(10)15(24)20-1-2-21-8(6-20)3-13(19-21)14(23)7-22/h3-5,14,22-23H,1-2,6-7H2/t14-/m0/s1. The molecular weight excluding hydrogens is 344 g/mol. The highest BCUT2D eigenvalue weighted by Crippen LogP contribution is 2.24. The second-order valence-electron chi connectivity index (χ2n) is 5.45. The van der Waals surface area contributed by atoms with Crippen LogP contribution in [-0.4, -0.2) is 44.0 Å². The van der Waals surface area contributed by atoms with Crippen molar-refractivity contribution in [3.63, 3.8) is 0 Å². The zero-order valence-electron chi connectivity index (χ0n) is 12.4. The monoisotopic (exact) mass is 357 g/mol. The molecule has 1 aliphatic heterocycles. The minimum absolute atomic E-state index is 0.112. The van der Waals surface area contributed by atoms with Gasteiger partial charge in [-0.2, -0.15) is 5.10 Å². The fraction of sp³-hybridized carbons (Fsp3) is 0.333. The molecule has 1 aromatic heterocycles. The van der Waals surface area contributed by atoms with Crippen LogP contribution in [0.4, 0.5) is 8.78 Å². The number of rotatable bonds is 3. The van der Waals surface area contributed by atoms with E-state index in [1.807, 2.05) is 0 Å². The average molecular weight is 358 g/mol. The molecule has 1 aliphatic rings. The SMILES string of the molecule is O=C(c1cc(F)c(F)cc1Cl)N1CCn2nc([C@@H](O)CO)cc2C1. The van der Waals surface area contributed by atoms with Gasteiger partial charge in [0.2, 0.25) is 0 Å². The van der Waals surface area contributed by atoms with Crippen molar-refractivity contribution >= 4 is 17.5 Å². The van der Waals surface area contributed by atoms with Crippen LogP contribution in [0.2, 0.25) is 5.02 Å². The smallest absolute Gasteiger partial charge is 0.255 e. The quantitative estimate of drug-likeness (QED) is 0.816. The van der Waals surface area contributed by atoms with Crippen molar-refractivity contribution in [2.24, 2.45) is 0 Å². The lowest BCUT2D eigenvalue weighted by molar-refractivity contribution is 0.0704. The Balaban J connectivity index is 1.84. The fourth-order valence-electron chi connectivity index (χ4n) is 2.58. The van der Waals surface area contributed by atoms with E-state index < -0.39 is 30.3 Å². The van der Waals surface area contributed by atoms with Crippen molar-refractivity contribution in [3.8, 4) is 0 Å². The maximum atomic E-state index is 13.4. The van der Waals surface area contributed by atoms with E-state index in [4.69, 9.17) is 16.7 Å². The number of hydrogen-bond donors (Lipinski definition) is 2. The van der Waals surface area contributed by atoms with Crippen LogP contribution in [0.25, 0.3) is 0 Å². The molecule has 9 heteroatoms. The molecule has 2 N–H and O–H groups in total. The molecule has 2 aromatic rings. The van der Waals surface area contributed by atoms with Crippen molar-refractivity contribution in [1.29, 1.82) is 0 Å². The van der Waals surface area contributed by atoms with Gasteiger partial charge in [0, 0.05) is 6.54 Å². The molecule has 1 aromatic carbocycles. The lowest BCUT2D eigenvalue weighted by Crippen LogP contribution is -2.38. The average Bonchev–Trinajstić information content (AvgIpc) is 2.99. The number of carbonyl (C=O) groups is 1. The normalized spacial score (nSPS) is 15.3. The van der Waals surface area contributed by atoms with Gasteiger partial charge in [-0.3, -0.25) is 9.48 Å². The summed E-state index contributed by atoms with van der Waals surface area (Å²) >= 11 is 5.85. The molecule has 0 radical (unpaired) electrons. The first-order valence-corrected chi connectivity index (χ1v) is 7.58. The van der Waals surface area contributed by atoms with Crippen molar-refractivity contribution < 1.29 is 23.8 Å². The van der Waals surface area contributed by atoms with Crippen LogP contribution < -0.4 is 0 Å². The highest BCUT2D eigenvalue weighted by molar-refractivity contribution is 6.33. The van der Waals surface area contributed by atoms with Crippen molar-refractivity contribution in [1.82, 2.24) is 14.7 Å². The second-order valence-corrected chi connectivity index (χ2v) is 5.86. The molecule has 0 bridgehead atoms.